The van der Waals surface area contributed by atoms with Crippen LogP contribution in [0.2, 0.25) is 0 Å². The summed E-state index contributed by atoms with van der Waals surface area (Å²) in [6.07, 6.45) is -8.43. The first-order valence-corrected chi connectivity index (χ1v) is 8.63. The van der Waals surface area contributed by atoms with Crippen LogP contribution in [0.4, 0.5) is 26.3 Å². The number of hydrogen-bond donors (Lipinski definition) is 0. The highest BCUT2D eigenvalue weighted by molar-refractivity contribution is 5.61. The molecule has 0 radical (unpaired) electrons. The molecule has 0 spiro atoms. The van der Waals surface area contributed by atoms with Crippen LogP contribution in [-0.4, -0.2) is 33.3 Å². The topological polar surface area (TPSA) is 83.2 Å². The first kappa shape index (κ1) is 22.3. The van der Waals surface area contributed by atoms with E-state index in [2.05, 4.69) is 24.6 Å². The van der Waals surface area contributed by atoms with Crippen molar-refractivity contribution in [2.45, 2.75) is 26.2 Å². The third kappa shape index (κ3) is 5.41. The zero-order valence-corrected chi connectivity index (χ0v) is 16.0. The molecule has 0 atom stereocenters. The number of alkyl halides is 6. The van der Waals surface area contributed by atoms with Gasteiger partial charge in [0.2, 0.25) is 5.82 Å². The van der Waals surface area contributed by atoms with Gasteiger partial charge >= 0.3 is 24.3 Å². The lowest BCUT2D eigenvalue weighted by Gasteiger charge is -2.13. The van der Waals surface area contributed by atoms with Crippen LogP contribution in [0, 0.1) is 13.8 Å². The molecule has 0 fully saturated rings. The van der Waals surface area contributed by atoms with E-state index in [1.165, 1.54) is 12.1 Å². The van der Waals surface area contributed by atoms with Crippen molar-refractivity contribution in [2.24, 2.45) is 0 Å². The van der Waals surface area contributed by atoms with Crippen molar-refractivity contribution in [3.63, 3.8) is 0 Å². The summed E-state index contributed by atoms with van der Waals surface area (Å²) in [5, 5.41) is 3.34. The van der Waals surface area contributed by atoms with Gasteiger partial charge in [-0.15, -0.1) is 0 Å². The maximum absolute atomic E-state index is 12.6. The fourth-order valence-electron chi connectivity index (χ4n) is 2.61. The summed E-state index contributed by atoms with van der Waals surface area (Å²) in [7, 11) is 0. The van der Waals surface area contributed by atoms with Gasteiger partial charge in [-0.1, -0.05) is 5.16 Å². The Labute approximate surface area is 171 Å². The summed E-state index contributed by atoms with van der Waals surface area (Å²) in [6.45, 7) is 3.14. The predicted octanol–water partition coefficient (Wildman–Crippen LogP) is 4.64. The molecule has 0 amide bonds. The third-order valence-electron chi connectivity index (χ3n) is 3.87. The van der Waals surface area contributed by atoms with Gasteiger partial charge in [-0.05, 0) is 43.2 Å². The normalized spacial score (nSPS) is 12.1. The summed E-state index contributed by atoms with van der Waals surface area (Å²) in [6, 6.07) is 3.31. The van der Waals surface area contributed by atoms with Gasteiger partial charge in [0.15, 0.2) is 5.69 Å². The highest BCUT2D eigenvalue weighted by Gasteiger charge is 2.38. The molecular formula is C18H14F6N4O3. The molecule has 3 aromatic rings. The van der Waals surface area contributed by atoms with Gasteiger partial charge in [0.25, 0.3) is 0 Å². The van der Waals surface area contributed by atoms with Crippen molar-refractivity contribution < 1.29 is 40.3 Å². The van der Waals surface area contributed by atoms with Gasteiger partial charge < -0.3 is 14.0 Å². The Balaban J connectivity index is 1.63. The van der Waals surface area contributed by atoms with Gasteiger partial charge in [-0.3, -0.25) is 0 Å². The molecule has 3 rings (SSSR count). The summed E-state index contributed by atoms with van der Waals surface area (Å²) in [5.41, 5.74) is 0.318. The number of ether oxygens (including phenoxy) is 2. The highest BCUT2D eigenvalue weighted by Crippen LogP contribution is 2.32. The molecular weight excluding hydrogens is 434 g/mol. The van der Waals surface area contributed by atoms with Crippen molar-refractivity contribution in [1.29, 1.82) is 0 Å². The van der Waals surface area contributed by atoms with Crippen LogP contribution in [0.1, 0.15) is 22.7 Å². The molecule has 0 saturated carbocycles. The van der Waals surface area contributed by atoms with Crippen molar-refractivity contribution in [3.05, 3.63) is 47.1 Å². The van der Waals surface area contributed by atoms with Gasteiger partial charge in [-0.25, -0.2) is 4.98 Å². The number of aromatic nitrogens is 4. The number of halogens is 6. The summed E-state index contributed by atoms with van der Waals surface area (Å²) < 4.78 is 90.7. The van der Waals surface area contributed by atoms with E-state index in [0.29, 0.717) is 22.4 Å². The zero-order valence-electron chi connectivity index (χ0n) is 16.0. The Bertz CT molecular complexity index is 1040. The molecule has 0 unspecified atom stereocenters. The molecule has 31 heavy (non-hydrogen) atoms. The first-order valence-electron chi connectivity index (χ1n) is 8.63. The number of rotatable bonds is 6. The van der Waals surface area contributed by atoms with E-state index in [1.54, 1.807) is 13.8 Å². The smallest absolute Gasteiger partial charge is 0.471 e. The zero-order chi connectivity index (χ0) is 22.8. The minimum Gasteiger partial charge on any atom is -0.489 e. The summed E-state index contributed by atoms with van der Waals surface area (Å²) >= 11 is 0. The van der Waals surface area contributed by atoms with Crippen molar-refractivity contribution in [1.82, 2.24) is 20.1 Å². The van der Waals surface area contributed by atoms with E-state index in [9.17, 15) is 26.3 Å². The number of nitrogens with zero attached hydrogens (tertiary/aromatic N) is 4. The fraction of sp³-hybridized carbons (Fsp3) is 0.333. The maximum Gasteiger partial charge on any atom is 0.471 e. The van der Waals surface area contributed by atoms with Crippen LogP contribution in [0.15, 0.2) is 28.9 Å². The summed E-state index contributed by atoms with van der Waals surface area (Å²) in [5.74, 6) is -1.25. The summed E-state index contributed by atoms with van der Waals surface area (Å²) in [4.78, 5) is 10.2. The first-order chi connectivity index (χ1) is 14.4. The molecule has 2 heterocycles. The van der Waals surface area contributed by atoms with Crippen molar-refractivity contribution in [3.8, 4) is 23.1 Å². The minimum absolute atomic E-state index is 0.0406. The van der Waals surface area contributed by atoms with Gasteiger partial charge in [0, 0.05) is 11.8 Å². The van der Waals surface area contributed by atoms with Gasteiger partial charge in [0.05, 0.1) is 0 Å². The quantitative estimate of drug-likeness (QED) is 0.401. The van der Waals surface area contributed by atoms with Crippen molar-refractivity contribution in [2.75, 3.05) is 13.2 Å². The molecule has 166 valence electrons. The molecule has 0 bridgehead atoms. The Kier molecular flexibility index (Phi) is 6.04. The minimum atomic E-state index is -4.75. The van der Waals surface area contributed by atoms with Crippen LogP contribution in [0.3, 0.4) is 0 Å². The van der Waals surface area contributed by atoms with Crippen LogP contribution < -0.4 is 9.47 Å². The lowest BCUT2D eigenvalue weighted by Crippen LogP contribution is -2.14. The molecule has 7 nitrogen and oxygen atoms in total. The standard InChI is InChI=1S/C18H14F6N4O3/c1-9-7-11(14-27-15(31-28-14)18(22,23)24)8-10(2)13(9)29-5-6-30-16-25-4-3-12(26-16)17(19,20)21/h3-4,7-8H,5-6H2,1-2H3. The van der Waals surface area contributed by atoms with Crippen LogP contribution in [0.5, 0.6) is 11.8 Å². The van der Waals surface area contributed by atoms with E-state index < -0.39 is 29.9 Å². The van der Waals surface area contributed by atoms with E-state index >= 15 is 0 Å². The second-order valence-corrected chi connectivity index (χ2v) is 6.28. The second-order valence-electron chi connectivity index (χ2n) is 6.28. The SMILES string of the molecule is Cc1cc(-c2noc(C(F)(F)F)n2)cc(C)c1OCCOc1nccc(C(F)(F)F)n1. The number of aryl methyl sites for hydroxylation is 2. The van der Waals surface area contributed by atoms with Gasteiger partial charge in [-0.2, -0.15) is 36.3 Å². The lowest BCUT2D eigenvalue weighted by molar-refractivity contribution is -0.159. The Hall–Kier alpha value is -3.38. The third-order valence-corrected chi connectivity index (χ3v) is 3.87. The highest BCUT2D eigenvalue weighted by atomic mass is 19.4. The molecule has 0 aliphatic heterocycles. The van der Waals surface area contributed by atoms with Crippen LogP contribution in [-0.2, 0) is 12.4 Å². The molecule has 0 aliphatic carbocycles. The molecule has 0 N–H and O–H groups in total. The van der Waals surface area contributed by atoms with Crippen LogP contribution in [0.25, 0.3) is 11.4 Å². The molecule has 0 aliphatic rings. The molecule has 13 heteroatoms. The van der Waals surface area contributed by atoms with Crippen molar-refractivity contribution >= 4 is 0 Å². The van der Waals surface area contributed by atoms with E-state index in [0.717, 1.165) is 12.3 Å². The maximum atomic E-state index is 12.6. The molecule has 2 aromatic heterocycles. The molecule has 0 saturated heterocycles. The van der Waals surface area contributed by atoms with Crippen LogP contribution >= 0.6 is 0 Å². The predicted molar refractivity (Wildman–Crippen MR) is 92.2 cm³/mol. The Morgan fingerprint density at radius 1 is 0.903 bits per heavy atom. The van der Waals surface area contributed by atoms with E-state index in [4.69, 9.17) is 9.47 Å². The Morgan fingerprint density at radius 3 is 2.13 bits per heavy atom. The largest absolute Gasteiger partial charge is 0.489 e. The number of benzene rings is 1. The molecule has 1 aromatic carbocycles. The van der Waals surface area contributed by atoms with Gasteiger partial charge in [0.1, 0.15) is 19.0 Å². The lowest BCUT2D eigenvalue weighted by atomic mass is 10.1. The van der Waals surface area contributed by atoms with E-state index in [-0.39, 0.29) is 19.0 Å². The Morgan fingerprint density at radius 2 is 1.55 bits per heavy atom. The van der Waals surface area contributed by atoms with E-state index in [1.807, 2.05) is 0 Å². The average Bonchev–Trinajstić information content (AvgIpc) is 3.17. The second kappa shape index (κ2) is 8.40. The number of hydrogen-bond acceptors (Lipinski definition) is 7. The average molecular weight is 448 g/mol. The fourth-order valence-corrected chi connectivity index (χ4v) is 2.61. The monoisotopic (exact) mass is 448 g/mol.